The Morgan fingerprint density at radius 1 is 1.12 bits per heavy atom. The molecule has 0 atom stereocenters. The molecule has 0 aliphatic rings. The van der Waals surface area contributed by atoms with Gasteiger partial charge >= 0.3 is 5.97 Å². The molecule has 0 bridgehead atoms. The van der Waals surface area contributed by atoms with E-state index in [1.54, 1.807) is 21.0 Å². The van der Waals surface area contributed by atoms with E-state index in [9.17, 15) is 14.7 Å². The Labute approximate surface area is 204 Å². The van der Waals surface area contributed by atoms with Crippen molar-refractivity contribution in [2.24, 2.45) is 0 Å². The SMILES string of the molecule is COCCn1c(-c2ccc(SC(C)(C)C(=O)O)cc2)nc(C)c1C(=O)Nc1ccc(C)cc1C. The van der Waals surface area contributed by atoms with Gasteiger partial charge in [-0.05, 0) is 58.4 Å². The Hall–Kier alpha value is -3.10. The third-order valence-corrected chi connectivity index (χ3v) is 6.70. The lowest BCUT2D eigenvalue weighted by atomic mass is 10.1. The highest BCUT2D eigenvalue weighted by Crippen LogP contribution is 2.34. The van der Waals surface area contributed by atoms with Crippen LogP contribution in [0.2, 0.25) is 0 Å². The summed E-state index contributed by atoms with van der Waals surface area (Å²) >= 11 is 1.28. The molecule has 34 heavy (non-hydrogen) atoms. The number of imidazole rings is 1. The number of anilines is 1. The topological polar surface area (TPSA) is 93.4 Å². The molecule has 7 nitrogen and oxygen atoms in total. The van der Waals surface area contributed by atoms with Gasteiger partial charge < -0.3 is 19.7 Å². The predicted octanol–water partition coefficient (Wildman–Crippen LogP) is 5.33. The molecule has 0 saturated carbocycles. The quantitative estimate of drug-likeness (QED) is 0.401. The second kappa shape index (κ2) is 10.4. The van der Waals surface area contributed by atoms with E-state index in [1.165, 1.54) is 11.8 Å². The van der Waals surface area contributed by atoms with E-state index >= 15 is 0 Å². The maximum Gasteiger partial charge on any atom is 0.319 e. The number of hydrogen-bond donors (Lipinski definition) is 2. The zero-order valence-corrected chi connectivity index (χ0v) is 21.2. The molecule has 0 radical (unpaired) electrons. The molecule has 0 fully saturated rings. The summed E-state index contributed by atoms with van der Waals surface area (Å²) < 4.78 is 6.23. The number of carbonyl (C=O) groups is 2. The minimum Gasteiger partial charge on any atom is -0.480 e. The van der Waals surface area contributed by atoms with Gasteiger partial charge in [0.2, 0.25) is 0 Å². The first-order valence-corrected chi connectivity index (χ1v) is 11.8. The number of hydrogen-bond acceptors (Lipinski definition) is 5. The third kappa shape index (κ3) is 5.69. The van der Waals surface area contributed by atoms with Crippen LogP contribution in [0.15, 0.2) is 47.4 Å². The molecule has 180 valence electrons. The van der Waals surface area contributed by atoms with E-state index in [0.717, 1.165) is 27.3 Å². The fourth-order valence-electron chi connectivity index (χ4n) is 3.63. The molecular formula is C26H31N3O4S. The number of nitrogens with zero attached hydrogens (tertiary/aromatic N) is 2. The first kappa shape index (κ1) is 25.5. The van der Waals surface area contributed by atoms with Crippen LogP contribution >= 0.6 is 11.8 Å². The monoisotopic (exact) mass is 481 g/mol. The highest BCUT2D eigenvalue weighted by Gasteiger charge is 2.28. The molecule has 0 unspecified atom stereocenters. The van der Waals surface area contributed by atoms with Crippen molar-refractivity contribution in [1.82, 2.24) is 9.55 Å². The standard InChI is InChI=1S/C26H31N3O4S/c1-16-7-12-21(17(2)15-16)28-24(30)22-18(3)27-23(29(22)13-14-33-6)19-8-10-20(11-9-19)34-26(4,5)25(31)32/h7-12,15H,13-14H2,1-6H3,(H,28,30)(H,31,32). The Kier molecular flexibility index (Phi) is 7.84. The summed E-state index contributed by atoms with van der Waals surface area (Å²) in [5.41, 5.74) is 4.83. The number of amides is 1. The van der Waals surface area contributed by atoms with Crippen molar-refractivity contribution in [1.29, 1.82) is 0 Å². The second-order valence-electron chi connectivity index (χ2n) is 8.73. The fraction of sp³-hybridized carbons (Fsp3) is 0.346. The summed E-state index contributed by atoms with van der Waals surface area (Å²) in [6, 6.07) is 13.5. The van der Waals surface area contributed by atoms with Crippen LogP contribution in [0.25, 0.3) is 11.4 Å². The van der Waals surface area contributed by atoms with E-state index in [2.05, 4.69) is 5.32 Å². The van der Waals surface area contributed by atoms with Crippen molar-refractivity contribution >= 4 is 29.3 Å². The summed E-state index contributed by atoms with van der Waals surface area (Å²) in [5.74, 6) is -0.434. The third-order valence-electron chi connectivity index (χ3n) is 5.51. The van der Waals surface area contributed by atoms with Crippen LogP contribution < -0.4 is 5.32 Å². The maximum absolute atomic E-state index is 13.3. The number of carboxylic acid groups (broad SMARTS) is 1. The van der Waals surface area contributed by atoms with Gasteiger partial charge in [-0.3, -0.25) is 9.59 Å². The molecule has 0 aliphatic heterocycles. The molecule has 0 aliphatic carbocycles. The number of methoxy groups -OCH3 is 1. The van der Waals surface area contributed by atoms with Crippen LogP contribution in [0.5, 0.6) is 0 Å². The zero-order valence-electron chi connectivity index (χ0n) is 20.4. The molecule has 8 heteroatoms. The predicted molar refractivity (Wildman–Crippen MR) is 136 cm³/mol. The van der Waals surface area contributed by atoms with Gasteiger partial charge in [0.1, 0.15) is 16.3 Å². The van der Waals surface area contributed by atoms with Crippen molar-refractivity contribution in [3.05, 3.63) is 65.0 Å². The molecule has 1 aromatic heterocycles. The first-order valence-electron chi connectivity index (χ1n) is 11.0. The molecule has 0 saturated heterocycles. The van der Waals surface area contributed by atoms with Crippen molar-refractivity contribution in [3.8, 4) is 11.4 Å². The van der Waals surface area contributed by atoms with Gasteiger partial charge in [0, 0.05) is 29.8 Å². The highest BCUT2D eigenvalue weighted by atomic mass is 32.2. The van der Waals surface area contributed by atoms with E-state index in [4.69, 9.17) is 9.72 Å². The molecular weight excluding hydrogens is 450 g/mol. The highest BCUT2D eigenvalue weighted by molar-refractivity contribution is 8.01. The number of aryl methyl sites for hydroxylation is 3. The van der Waals surface area contributed by atoms with Gasteiger partial charge in [0.05, 0.1) is 12.3 Å². The number of aromatic nitrogens is 2. The van der Waals surface area contributed by atoms with Gasteiger partial charge in [0.25, 0.3) is 5.91 Å². The lowest BCUT2D eigenvalue weighted by Crippen LogP contribution is -2.26. The summed E-state index contributed by atoms with van der Waals surface area (Å²) in [6.07, 6.45) is 0. The minimum absolute atomic E-state index is 0.227. The number of carbonyl (C=O) groups excluding carboxylic acids is 1. The number of benzene rings is 2. The van der Waals surface area contributed by atoms with E-state index in [-0.39, 0.29) is 5.91 Å². The second-order valence-corrected chi connectivity index (χ2v) is 10.4. The number of rotatable bonds is 9. The van der Waals surface area contributed by atoms with Crippen LogP contribution in [0, 0.1) is 20.8 Å². The van der Waals surface area contributed by atoms with Crippen LogP contribution in [0.4, 0.5) is 5.69 Å². The normalized spacial score (nSPS) is 11.5. The van der Waals surface area contributed by atoms with Crippen molar-refractivity contribution in [2.45, 2.75) is 50.8 Å². The average molecular weight is 482 g/mol. The lowest BCUT2D eigenvalue weighted by molar-refractivity contribution is -0.138. The fourth-order valence-corrected chi connectivity index (χ4v) is 4.58. The molecule has 0 spiro atoms. The number of aliphatic carboxylic acids is 1. The summed E-state index contributed by atoms with van der Waals surface area (Å²) in [4.78, 5) is 30.3. The first-order chi connectivity index (χ1) is 16.0. The van der Waals surface area contributed by atoms with Gasteiger partial charge in [-0.2, -0.15) is 0 Å². The molecule has 2 N–H and O–H groups in total. The van der Waals surface area contributed by atoms with Gasteiger partial charge in [0.15, 0.2) is 0 Å². The smallest absolute Gasteiger partial charge is 0.319 e. The number of thioether (sulfide) groups is 1. The Balaban J connectivity index is 1.95. The van der Waals surface area contributed by atoms with E-state index in [1.807, 2.05) is 67.8 Å². The number of nitrogens with one attached hydrogen (secondary N) is 1. The van der Waals surface area contributed by atoms with Crippen LogP contribution in [-0.2, 0) is 16.1 Å². The van der Waals surface area contributed by atoms with E-state index in [0.29, 0.717) is 30.4 Å². The minimum atomic E-state index is -0.936. The Morgan fingerprint density at radius 2 is 1.79 bits per heavy atom. The Bertz CT molecular complexity index is 1200. The van der Waals surface area contributed by atoms with Gasteiger partial charge in [-0.25, -0.2) is 4.98 Å². The summed E-state index contributed by atoms with van der Waals surface area (Å²) in [6.45, 7) is 10.0. The zero-order chi connectivity index (χ0) is 25.0. The van der Waals surface area contributed by atoms with Crippen LogP contribution in [0.3, 0.4) is 0 Å². The van der Waals surface area contributed by atoms with Gasteiger partial charge in [-0.1, -0.05) is 29.8 Å². The number of carboxylic acids is 1. The largest absolute Gasteiger partial charge is 0.480 e. The lowest BCUT2D eigenvalue weighted by Gasteiger charge is -2.18. The van der Waals surface area contributed by atoms with Crippen molar-refractivity contribution < 1.29 is 19.4 Å². The number of ether oxygens (including phenoxy) is 1. The maximum atomic E-state index is 13.3. The van der Waals surface area contributed by atoms with Crippen LogP contribution in [0.1, 0.15) is 41.2 Å². The Morgan fingerprint density at radius 3 is 2.38 bits per heavy atom. The van der Waals surface area contributed by atoms with Crippen molar-refractivity contribution in [2.75, 3.05) is 19.0 Å². The molecule has 1 heterocycles. The average Bonchev–Trinajstić information content (AvgIpc) is 3.10. The molecule has 3 aromatic rings. The molecule has 2 aromatic carbocycles. The van der Waals surface area contributed by atoms with Crippen LogP contribution in [-0.4, -0.2) is 45.0 Å². The molecule has 1 amide bonds. The molecule has 3 rings (SSSR count). The summed E-state index contributed by atoms with van der Waals surface area (Å²) in [7, 11) is 1.62. The van der Waals surface area contributed by atoms with E-state index < -0.39 is 10.7 Å². The summed E-state index contributed by atoms with van der Waals surface area (Å²) in [5, 5.41) is 12.4. The van der Waals surface area contributed by atoms with Crippen molar-refractivity contribution in [3.63, 3.8) is 0 Å². The van der Waals surface area contributed by atoms with Gasteiger partial charge in [-0.15, -0.1) is 11.8 Å².